The van der Waals surface area contributed by atoms with Crippen molar-refractivity contribution in [2.75, 3.05) is 6.54 Å². The third kappa shape index (κ3) is 3.25. The summed E-state index contributed by atoms with van der Waals surface area (Å²) in [5.41, 5.74) is 2.88. The van der Waals surface area contributed by atoms with Crippen molar-refractivity contribution in [2.45, 2.75) is 46.2 Å². The van der Waals surface area contributed by atoms with Crippen LogP contribution in [0.25, 0.3) is 11.4 Å². The minimum absolute atomic E-state index is 0.0964. The number of carbonyl (C=O) groups is 1. The molecule has 2 aromatic heterocycles. The Morgan fingerprint density at radius 2 is 2.00 bits per heavy atom. The molecule has 1 atom stereocenters. The Hall–Kier alpha value is -2.96. The number of nitrogens with zero attached hydrogens (tertiary/aromatic N) is 5. The molecule has 1 aliphatic rings. The van der Waals surface area contributed by atoms with Crippen molar-refractivity contribution >= 4 is 5.91 Å². The van der Waals surface area contributed by atoms with Crippen LogP contribution in [0.2, 0.25) is 0 Å². The van der Waals surface area contributed by atoms with E-state index in [1.165, 1.54) is 0 Å². The van der Waals surface area contributed by atoms with E-state index in [-0.39, 0.29) is 11.9 Å². The van der Waals surface area contributed by atoms with E-state index in [1.807, 2.05) is 60.7 Å². The molecular formula is C20H23N5O2. The zero-order valence-corrected chi connectivity index (χ0v) is 15.8. The second kappa shape index (κ2) is 6.98. The SMILES string of the molecule is Cc1noc(C)c1CCC(=O)N1CCn2nc(-c3ccccc3)nc2[C@@H]1C. The third-order valence-corrected chi connectivity index (χ3v) is 5.22. The number of hydrogen-bond donors (Lipinski definition) is 0. The molecule has 0 fully saturated rings. The minimum atomic E-state index is -0.0964. The molecule has 1 aliphatic heterocycles. The number of hydrogen-bond acceptors (Lipinski definition) is 5. The molecule has 7 heteroatoms. The average Bonchev–Trinajstić information content (AvgIpc) is 3.25. The molecule has 0 N–H and O–H groups in total. The van der Waals surface area contributed by atoms with Crippen LogP contribution in [0, 0.1) is 13.8 Å². The first-order chi connectivity index (χ1) is 13.0. The van der Waals surface area contributed by atoms with E-state index in [9.17, 15) is 4.79 Å². The number of amides is 1. The van der Waals surface area contributed by atoms with Crippen LogP contribution in [-0.2, 0) is 17.8 Å². The van der Waals surface area contributed by atoms with Crippen molar-refractivity contribution in [2.24, 2.45) is 0 Å². The second-order valence-electron chi connectivity index (χ2n) is 6.95. The molecule has 27 heavy (non-hydrogen) atoms. The first-order valence-electron chi connectivity index (χ1n) is 9.26. The van der Waals surface area contributed by atoms with E-state index >= 15 is 0 Å². The zero-order valence-electron chi connectivity index (χ0n) is 15.8. The monoisotopic (exact) mass is 365 g/mol. The fourth-order valence-electron chi connectivity index (χ4n) is 3.65. The fourth-order valence-corrected chi connectivity index (χ4v) is 3.65. The largest absolute Gasteiger partial charge is 0.361 e. The van der Waals surface area contributed by atoms with Crippen molar-refractivity contribution < 1.29 is 9.32 Å². The van der Waals surface area contributed by atoms with Crippen LogP contribution in [0.15, 0.2) is 34.9 Å². The average molecular weight is 365 g/mol. The molecule has 1 amide bonds. The van der Waals surface area contributed by atoms with Crippen LogP contribution >= 0.6 is 0 Å². The van der Waals surface area contributed by atoms with E-state index in [0.29, 0.717) is 31.8 Å². The Kier molecular flexibility index (Phi) is 4.51. The lowest BCUT2D eigenvalue weighted by molar-refractivity contribution is -0.134. The normalized spacial score (nSPS) is 16.4. The molecule has 0 bridgehead atoms. The number of aromatic nitrogens is 4. The highest BCUT2D eigenvalue weighted by Crippen LogP contribution is 2.27. The van der Waals surface area contributed by atoms with Gasteiger partial charge in [0.25, 0.3) is 0 Å². The molecule has 4 rings (SSSR count). The van der Waals surface area contributed by atoms with E-state index in [0.717, 1.165) is 28.4 Å². The number of benzene rings is 1. The summed E-state index contributed by atoms with van der Waals surface area (Å²) in [6.45, 7) is 7.12. The van der Waals surface area contributed by atoms with Gasteiger partial charge in [-0.2, -0.15) is 5.10 Å². The van der Waals surface area contributed by atoms with Crippen LogP contribution in [-0.4, -0.2) is 37.3 Å². The Bertz CT molecular complexity index is 941. The highest BCUT2D eigenvalue weighted by molar-refractivity contribution is 5.77. The van der Waals surface area contributed by atoms with Crippen molar-refractivity contribution in [3.63, 3.8) is 0 Å². The highest BCUT2D eigenvalue weighted by atomic mass is 16.5. The first kappa shape index (κ1) is 17.5. The van der Waals surface area contributed by atoms with Gasteiger partial charge < -0.3 is 9.42 Å². The maximum Gasteiger partial charge on any atom is 0.223 e. The van der Waals surface area contributed by atoms with Gasteiger partial charge in [0.15, 0.2) is 5.82 Å². The molecule has 3 aromatic rings. The van der Waals surface area contributed by atoms with E-state index < -0.39 is 0 Å². The molecule has 140 valence electrons. The van der Waals surface area contributed by atoms with Crippen molar-refractivity contribution in [3.05, 3.63) is 53.2 Å². The predicted molar refractivity (Wildman–Crippen MR) is 99.9 cm³/mol. The molecule has 1 aromatic carbocycles. The maximum absolute atomic E-state index is 12.8. The van der Waals surface area contributed by atoms with Crippen LogP contribution in [0.3, 0.4) is 0 Å². The van der Waals surface area contributed by atoms with Gasteiger partial charge in [-0.05, 0) is 27.2 Å². The number of fused-ring (bicyclic) bond motifs is 1. The zero-order chi connectivity index (χ0) is 19.0. The quantitative estimate of drug-likeness (QED) is 0.710. The van der Waals surface area contributed by atoms with Gasteiger partial charge in [0.05, 0.1) is 18.3 Å². The standard InChI is InChI=1S/C20H23N5O2/c1-13-17(15(3)27-23-13)9-10-18(26)24-11-12-25-20(14(24)2)21-19(22-25)16-7-5-4-6-8-16/h4-8,14H,9-12H2,1-3H3/t14-/m0/s1. The van der Waals surface area contributed by atoms with Crippen LogP contribution in [0.5, 0.6) is 0 Å². The molecule has 7 nitrogen and oxygen atoms in total. The van der Waals surface area contributed by atoms with Crippen LogP contribution in [0.4, 0.5) is 0 Å². The van der Waals surface area contributed by atoms with Crippen LogP contribution < -0.4 is 0 Å². The van der Waals surface area contributed by atoms with E-state index in [1.54, 1.807) is 0 Å². The maximum atomic E-state index is 12.8. The van der Waals surface area contributed by atoms with Gasteiger partial charge in [-0.15, -0.1) is 0 Å². The lowest BCUT2D eigenvalue weighted by atomic mass is 10.1. The summed E-state index contributed by atoms with van der Waals surface area (Å²) >= 11 is 0. The summed E-state index contributed by atoms with van der Waals surface area (Å²) in [5, 5.41) is 8.58. The number of rotatable bonds is 4. The lowest BCUT2D eigenvalue weighted by Gasteiger charge is -2.33. The Morgan fingerprint density at radius 1 is 1.22 bits per heavy atom. The van der Waals surface area contributed by atoms with Gasteiger partial charge in [0.2, 0.25) is 5.91 Å². The van der Waals surface area contributed by atoms with Crippen molar-refractivity contribution in [3.8, 4) is 11.4 Å². The molecule has 0 aliphatic carbocycles. The second-order valence-corrected chi connectivity index (χ2v) is 6.95. The predicted octanol–water partition coefficient (Wildman–Crippen LogP) is 3.09. The molecule has 0 saturated heterocycles. The number of aryl methyl sites for hydroxylation is 2. The van der Waals surface area contributed by atoms with Gasteiger partial charge in [-0.1, -0.05) is 35.5 Å². The Labute approximate surface area is 158 Å². The van der Waals surface area contributed by atoms with Gasteiger partial charge in [0, 0.05) is 24.1 Å². The van der Waals surface area contributed by atoms with Gasteiger partial charge >= 0.3 is 0 Å². The van der Waals surface area contributed by atoms with E-state index in [4.69, 9.17) is 9.51 Å². The highest BCUT2D eigenvalue weighted by Gasteiger charge is 2.30. The summed E-state index contributed by atoms with van der Waals surface area (Å²) in [4.78, 5) is 19.4. The summed E-state index contributed by atoms with van der Waals surface area (Å²) in [5.74, 6) is 2.46. The van der Waals surface area contributed by atoms with Crippen LogP contribution in [0.1, 0.15) is 42.2 Å². The molecule has 3 heterocycles. The van der Waals surface area contributed by atoms with Gasteiger partial charge in [-0.3, -0.25) is 4.79 Å². The summed E-state index contributed by atoms with van der Waals surface area (Å²) in [7, 11) is 0. The molecule has 0 radical (unpaired) electrons. The summed E-state index contributed by atoms with van der Waals surface area (Å²) in [6, 6.07) is 9.83. The Morgan fingerprint density at radius 3 is 2.70 bits per heavy atom. The summed E-state index contributed by atoms with van der Waals surface area (Å²) < 4.78 is 7.11. The first-order valence-corrected chi connectivity index (χ1v) is 9.26. The van der Waals surface area contributed by atoms with Crippen molar-refractivity contribution in [1.82, 2.24) is 24.8 Å². The van der Waals surface area contributed by atoms with Gasteiger partial charge in [-0.25, -0.2) is 9.67 Å². The smallest absolute Gasteiger partial charge is 0.223 e. The van der Waals surface area contributed by atoms with Crippen molar-refractivity contribution in [1.29, 1.82) is 0 Å². The van der Waals surface area contributed by atoms with E-state index in [2.05, 4.69) is 10.3 Å². The molecular weight excluding hydrogens is 342 g/mol. The molecule has 0 spiro atoms. The topological polar surface area (TPSA) is 77.0 Å². The van der Waals surface area contributed by atoms with Gasteiger partial charge in [0.1, 0.15) is 11.6 Å². The minimum Gasteiger partial charge on any atom is -0.361 e. The number of carbonyl (C=O) groups excluding carboxylic acids is 1. The summed E-state index contributed by atoms with van der Waals surface area (Å²) in [6.07, 6.45) is 1.08. The fraction of sp³-hybridized carbons (Fsp3) is 0.400. The Balaban J connectivity index is 1.49. The molecule has 0 saturated carbocycles. The molecule has 0 unspecified atom stereocenters. The third-order valence-electron chi connectivity index (χ3n) is 5.22. The lowest BCUT2D eigenvalue weighted by Crippen LogP contribution is -2.41.